The molecular weight excluding hydrogens is 348 g/mol. The second-order valence-electron chi connectivity index (χ2n) is 5.44. The fraction of sp³-hybridized carbons (Fsp3) is 0.222. The monoisotopic (exact) mass is 363 g/mol. The van der Waals surface area contributed by atoms with Gasteiger partial charge in [-0.25, -0.2) is 4.79 Å². The highest BCUT2D eigenvalue weighted by Crippen LogP contribution is 2.31. The first-order chi connectivity index (χ1) is 12.0. The maximum absolute atomic E-state index is 12.7. The van der Waals surface area contributed by atoms with Gasteiger partial charge in [0.15, 0.2) is 0 Å². The number of anilines is 1. The van der Waals surface area contributed by atoms with E-state index in [2.05, 4.69) is 0 Å². The molecule has 7 heteroatoms. The summed E-state index contributed by atoms with van der Waals surface area (Å²) in [5.74, 6) is -3.10. The number of fused-ring (bicyclic) bond motifs is 1. The Morgan fingerprint density at radius 1 is 1.12 bits per heavy atom. The summed E-state index contributed by atoms with van der Waals surface area (Å²) in [7, 11) is 1.32. The summed E-state index contributed by atoms with van der Waals surface area (Å²) in [6, 6.07) is 11.2. The van der Waals surface area contributed by atoms with Crippen molar-refractivity contribution >= 4 is 29.3 Å². The van der Waals surface area contributed by atoms with Gasteiger partial charge in [0, 0.05) is 22.7 Å². The van der Waals surface area contributed by atoms with Crippen LogP contribution in [0.5, 0.6) is 0 Å². The summed E-state index contributed by atoms with van der Waals surface area (Å²) in [5, 5.41) is 0. The SMILES string of the molecule is COC(=O)c1ccc2c(c1)CCN2C(=O)c1ccc(SC(F)F)cc1. The fourth-order valence-corrected chi connectivity index (χ4v) is 3.29. The Kier molecular flexibility index (Phi) is 5.03. The molecule has 4 nitrogen and oxygen atoms in total. The number of benzene rings is 2. The quantitative estimate of drug-likeness (QED) is 0.609. The van der Waals surface area contributed by atoms with Gasteiger partial charge in [-0.15, -0.1) is 0 Å². The number of rotatable bonds is 4. The van der Waals surface area contributed by atoms with E-state index in [1.165, 1.54) is 19.2 Å². The zero-order valence-electron chi connectivity index (χ0n) is 13.4. The highest BCUT2D eigenvalue weighted by atomic mass is 32.2. The van der Waals surface area contributed by atoms with Crippen LogP contribution in [0.2, 0.25) is 0 Å². The number of carbonyl (C=O) groups excluding carboxylic acids is 2. The van der Waals surface area contributed by atoms with Gasteiger partial charge in [-0.2, -0.15) is 8.78 Å². The predicted octanol–water partition coefficient (Wildman–Crippen LogP) is 3.99. The molecule has 0 spiro atoms. The highest BCUT2D eigenvalue weighted by Gasteiger charge is 2.26. The van der Waals surface area contributed by atoms with Crippen molar-refractivity contribution in [2.45, 2.75) is 17.1 Å². The van der Waals surface area contributed by atoms with Crippen LogP contribution in [0.25, 0.3) is 0 Å². The van der Waals surface area contributed by atoms with E-state index in [0.29, 0.717) is 40.7 Å². The number of carbonyl (C=O) groups is 2. The van der Waals surface area contributed by atoms with E-state index in [9.17, 15) is 18.4 Å². The van der Waals surface area contributed by atoms with Crippen LogP contribution >= 0.6 is 11.8 Å². The van der Waals surface area contributed by atoms with E-state index in [1.807, 2.05) is 0 Å². The van der Waals surface area contributed by atoms with E-state index < -0.39 is 11.7 Å². The number of alkyl halides is 2. The van der Waals surface area contributed by atoms with Gasteiger partial charge in [0.25, 0.3) is 11.7 Å². The average molecular weight is 363 g/mol. The van der Waals surface area contributed by atoms with E-state index in [-0.39, 0.29) is 5.91 Å². The number of esters is 1. The van der Waals surface area contributed by atoms with Crippen LogP contribution in [0.1, 0.15) is 26.3 Å². The van der Waals surface area contributed by atoms with Crippen LogP contribution in [0.4, 0.5) is 14.5 Å². The first-order valence-electron chi connectivity index (χ1n) is 7.57. The smallest absolute Gasteiger partial charge is 0.337 e. The van der Waals surface area contributed by atoms with Crippen LogP contribution in [0.3, 0.4) is 0 Å². The van der Waals surface area contributed by atoms with Crippen molar-refractivity contribution < 1.29 is 23.1 Å². The van der Waals surface area contributed by atoms with E-state index in [4.69, 9.17) is 4.74 Å². The lowest BCUT2D eigenvalue weighted by atomic mass is 10.1. The molecule has 130 valence electrons. The number of amides is 1. The molecule has 0 aromatic heterocycles. The molecule has 1 aliphatic heterocycles. The maximum Gasteiger partial charge on any atom is 0.337 e. The number of hydrogen-bond donors (Lipinski definition) is 0. The molecule has 2 aromatic rings. The maximum atomic E-state index is 12.7. The van der Waals surface area contributed by atoms with Crippen LogP contribution in [-0.4, -0.2) is 31.3 Å². The van der Waals surface area contributed by atoms with Crippen molar-refractivity contribution in [3.05, 3.63) is 59.2 Å². The minimum absolute atomic E-state index is 0.196. The summed E-state index contributed by atoms with van der Waals surface area (Å²) in [6.07, 6.45) is 0.644. The third kappa shape index (κ3) is 3.66. The van der Waals surface area contributed by atoms with Gasteiger partial charge in [-0.05, 0) is 54.4 Å². The molecule has 0 atom stereocenters. The Morgan fingerprint density at radius 2 is 1.80 bits per heavy atom. The standard InChI is InChI=1S/C18H15F2NO3S/c1-24-17(23)13-4-7-15-12(10-13)8-9-21(15)16(22)11-2-5-14(6-3-11)25-18(19)20/h2-7,10,18H,8-9H2,1H3. The fourth-order valence-electron chi connectivity index (χ4n) is 2.79. The van der Waals surface area contributed by atoms with E-state index in [1.54, 1.807) is 35.2 Å². The number of thioether (sulfide) groups is 1. The summed E-state index contributed by atoms with van der Waals surface area (Å²) in [6.45, 7) is 0.506. The lowest BCUT2D eigenvalue weighted by molar-refractivity contribution is 0.0600. The van der Waals surface area contributed by atoms with Gasteiger partial charge in [0.1, 0.15) is 0 Å². The molecule has 1 heterocycles. The minimum Gasteiger partial charge on any atom is -0.465 e. The number of nitrogens with zero attached hydrogens (tertiary/aromatic N) is 1. The topological polar surface area (TPSA) is 46.6 Å². The molecule has 25 heavy (non-hydrogen) atoms. The van der Waals surface area contributed by atoms with Crippen molar-refractivity contribution in [2.75, 3.05) is 18.6 Å². The molecule has 0 radical (unpaired) electrons. The summed E-state index contributed by atoms with van der Waals surface area (Å²) >= 11 is 0.444. The van der Waals surface area contributed by atoms with Gasteiger partial charge in [0.05, 0.1) is 12.7 Å². The van der Waals surface area contributed by atoms with E-state index >= 15 is 0 Å². The Labute approximate surface area is 147 Å². The normalized spacial score (nSPS) is 13.0. The van der Waals surface area contributed by atoms with Gasteiger partial charge >= 0.3 is 5.97 Å². The van der Waals surface area contributed by atoms with Crippen molar-refractivity contribution in [3.8, 4) is 0 Å². The molecule has 0 saturated carbocycles. The van der Waals surface area contributed by atoms with Gasteiger partial charge in [-0.1, -0.05) is 11.8 Å². The number of ether oxygens (including phenoxy) is 1. The third-order valence-corrected chi connectivity index (χ3v) is 4.69. The lowest BCUT2D eigenvalue weighted by Gasteiger charge is -2.17. The van der Waals surface area contributed by atoms with Crippen LogP contribution < -0.4 is 4.90 Å². The Morgan fingerprint density at radius 3 is 2.44 bits per heavy atom. The number of methoxy groups -OCH3 is 1. The molecule has 0 aliphatic carbocycles. The molecule has 0 unspecified atom stereocenters. The largest absolute Gasteiger partial charge is 0.465 e. The summed E-state index contributed by atoms with van der Waals surface area (Å²) in [4.78, 5) is 26.3. The zero-order valence-corrected chi connectivity index (χ0v) is 14.2. The molecular formula is C18H15F2NO3S. The van der Waals surface area contributed by atoms with Crippen LogP contribution in [0.15, 0.2) is 47.4 Å². The van der Waals surface area contributed by atoms with Crippen molar-refractivity contribution in [2.24, 2.45) is 0 Å². The molecule has 3 rings (SSSR count). The van der Waals surface area contributed by atoms with Gasteiger partial charge < -0.3 is 9.64 Å². The molecule has 0 fully saturated rings. The van der Waals surface area contributed by atoms with Crippen LogP contribution in [0, 0.1) is 0 Å². The van der Waals surface area contributed by atoms with Gasteiger partial charge in [0.2, 0.25) is 0 Å². The number of hydrogen-bond acceptors (Lipinski definition) is 4. The predicted molar refractivity (Wildman–Crippen MR) is 91.5 cm³/mol. The second-order valence-corrected chi connectivity index (χ2v) is 6.51. The third-order valence-electron chi connectivity index (χ3n) is 3.97. The lowest BCUT2D eigenvalue weighted by Crippen LogP contribution is -2.28. The van der Waals surface area contributed by atoms with Gasteiger partial charge in [-0.3, -0.25) is 4.79 Å². The second kappa shape index (κ2) is 7.23. The zero-order chi connectivity index (χ0) is 18.0. The van der Waals surface area contributed by atoms with Crippen molar-refractivity contribution in [3.63, 3.8) is 0 Å². The first kappa shape index (κ1) is 17.4. The highest BCUT2D eigenvalue weighted by molar-refractivity contribution is 7.99. The van der Waals surface area contributed by atoms with Crippen LogP contribution in [-0.2, 0) is 11.2 Å². The molecule has 1 amide bonds. The Bertz CT molecular complexity index is 808. The average Bonchev–Trinajstić information content (AvgIpc) is 3.03. The Hall–Kier alpha value is -2.41. The minimum atomic E-state index is -2.49. The molecule has 2 aromatic carbocycles. The molecule has 1 aliphatic rings. The van der Waals surface area contributed by atoms with Crippen molar-refractivity contribution in [1.82, 2.24) is 0 Å². The molecule has 0 N–H and O–H groups in total. The molecule has 0 bridgehead atoms. The first-order valence-corrected chi connectivity index (χ1v) is 8.45. The number of halogens is 2. The molecule has 0 saturated heterocycles. The summed E-state index contributed by atoms with van der Waals surface area (Å²) < 4.78 is 29.4. The Balaban J connectivity index is 1.80. The van der Waals surface area contributed by atoms with E-state index in [0.717, 1.165) is 11.3 Å². The summed E-state index contributed by atoms with van der Waals surface area (Å²) in [5.41, 5.74) is 2.54. The van der Waals surface area contributed by atoms with Crippen molar-refractivity contribution in [1.29, 1.82) is 0 Å².